The maximum Gasteiger partial charge on any atom is 0.254 e. The molecular weight excluding hydrogens is 430 g/mol. The number of aliphatic hydroxyl groups excluding tert-OH is 1. The molecule has 2 atom stereocenters. The summed E-state index contributed by atoms with van der Waals surface area (Å²) in [6.45, 7) is 6.76. The Kier molecular flexibility index (Phi) is 6.61. The van der Waals surface area contributed by atoms with Gasteiger partial charge in [0.15, 0.2) is 5.78 Å². The van der Waals surface area contributed by atoms with Crippen LogP contribution < -0.4 is 0 Å². The van der Waals surface area contributed by atoms with E-state index in [1.54, 1.807) is 23.4 Å². The molecule has 0 radical (unpaired) electrons. The Balaban J connectivity index is 1.45. The maximum atomic E-state index is 13.0. The van der Waals surface area contributed by atoms with Gasteiger partial charge in [-0.05, 0) is 29.2 Å². The highest BCUT2D eigenvalue weighted by atomic mass is 16.3. The Hall–Kier alpha value is -3.39. The van der Waals surface area contributed by atoms with E-state index in [4.69, 9.17) is 0 Å². The van der Waals surface area contributed by atoms with Crippen LogP contribution in [0.4, 0.5) is 0 Å². The molecule has 1 saturated heterocycles. The van der Waals surface area contributed by atoms with E-state index in [1.807, 2.05) is 43.7 Å². The number of hydrogen-bond donors (Lipinski definition) is 1. The Labute approximate surface area is 199 Å². The third-order valence-electron chi connectivity index (χ3n) is 6.65. The Morgan fingerprint density at radius 2 is 2.03 bits per heavy atom. The molecule has 1 amide bonds. The standard InChI is InChI=1S/C26H31N5O3/c1-17(10-24-29-28-16-30(24)4)19-7-5-6-18(11-19)12-22(32)21-13-20(8-9-27-21)25(34)31-14-23(33)26(2,3)15-31/h5-9,11,13,16-17,23,33H,10,12,14-15H2,1-4H3/t17-,23?/m1/s1. The lowest BCUT2D eigenvalue weighted by atomic mass is 9.90. The maximum absolute atomic E-state index is 13.0. The number of amides is 1. The molecule has 0 spiro atoms. The molecule has 4 rings (SSSR count). The zero-order valence-corrected chi connectivity index (χ0v) is 20.1. The number of rotatable bonds is 7. The van der Waals surface area contributed by atoms with Gasteiger partial charge in [0.1, 0.15) is 17.8 Å². The van der Waals surface area contributed by atoms with Crippen molar-refractivity contribution >= 4 is 11.7 Å². The van der Waals surface area contributed by atoms with Crippen LogP contribution in [-0.2, 0) is 19.9 Å². The van der Waals surface area contributed by atoms with E-state index in [0.717, 1.165) is 23.4 Å². The number of aromatic nitrogens is 4. The summed E-state index contributed by atoms with van der Waals surface area (Å²) in [6, 6.07) is 11.2. The number of Topliss-reactive ketones (excluding diaryl/α,β-unsaturated/α-hetero) is 1. The SMILES string of the molecule is C[C@H](Cc1nncn1C)c1cccc(CC(=O)c2cc(C(=O)N3CC(O)C(C)(C)C3)ccn2)c1. The van der Waals surface area contributed by atoms with Crippen molar-refractivity contribution in [2.24, 2.45) is 12.5 Å². The molecule has 0 bridgehead atoms. The molecule has 0 saturated carbocycles. The number of likely N-dealkylation sites (tertiary alicyclic amines) is 1. The molecular formula is C26H31N5O3. The molecule has 8 nitrogen and oxygen atoms in total. The van der Waals surface area contributed by atoms with Gasteiger partial charge in [-0.3, -0.25) is 14.6 Å². The fraction of sp³-hybridized carbons (Fsp3) is 0.423. The highest BCUT2D eigenvalue weighted by Gasteiger charge is 2.40. The van der Waals surface area contributed by atoms with Gasteiger partial charge in [0.05, 0.1) is 6.10 Å². The Bertz CT molecular complexity index is 1200. The predicted octanol–water partition coefficient (Wildman–Crippen LogP) is 2.82. The molecule has 3 aromatic rings. The fourth-order valence-corrected chi connectivity index (χ4v) is 4.34. The quantitative estimate of drug-likeness (QED) is 0.543. The van der Waals surface area contributed by atoms with Crippen LogP contribution in [0.25, 0.3) is 0 Å². The number of aryl methyl sites for hydroxylation is 1. The van der Waals surface area contributed by atoms with Gasteiger partial charge < -0.3 is 14.6 Å². The molecule has 2 aromatic heterocycles. The minimum absolute atomic E-state index is 0.144. The van der Waals surface area contributed by atoms with E-state index < -0.39 is 6.10 Å². The lowest BCUT2D eigenvalue weighted by Crippen LogP contribution is -2.30. The first-order valence-electron chi connectivity index (χ1n) is 11.5. The van der Waals surface area contributed by atoms with Gasteiger partial charge in [-0.25, -0.2) is 0 Å². The number of aliphatic hydroxyl groups is 1. The van der Waals surface area contributed by atoms with Crippen LogP contribution >= 0.6 is 0 Å². The highest BCUT2D eigenvalue weighted by molar-refractivity contribution is 6.00. The summed E-state index contributed by atoms with van der Waals surface area (Å²) in [7, 11) is 1.93. The normalized spacial score (nSPS) is 18.1. The average molecular weight is 462 g/mol. The van der Waals surface area contributed by atoms with Crippen molar-refractivity contribution in [1.29, 1.82) is 0 Å². The van der Waals surface area contributed by atoms with Gasteiger partial charge in [0, 0.05) is 50.2 Å². The molecule has 3 heterocycles. The van der Waals surface area contributed by atoms with E-state index in [0.29, 0.717) is 12.1 Å². The molecule has 0 aliphatic carbocycles. The topological polar surface area (TPSA) is 101 Å². The summed E-state index contributed by atoms with van der Waals surface area (Å²) in [6.07, 6.45) is 3.57. The van der Waals surface area contributed by atoms with E-state index in [1.165, 1.54) is 6.20 Å². The van der Waals surface area contributed by atoms with Crippen molar-refractivity contribution in [1.82, 2.24) is 24.6 Å². The number of nitrogens with zero attached hydrogens (tertiary/aromatic N) is 5. The monoisotopic (exact) mass is 461 g/mol. The molecule has 1 aliphatic heterocycles. The first-order chi connectivity index (χ1) is 16.1. The van der Waals surface area contributed by atoms with Crippen LogP contribution in [0.2, 0.25) is 0 Å². The zero-order valence-electron chi connectivity index (χ0n) is 20.1. The third-order valence-corrected chi connectivity index (χ3v) is 6.65. The van der Waals surface area contributed by atoms with E-state index >= 15 is 0 Å². The zero-order chi connectivity index (χ0) is 24.5. The smallest absolute Gasteiger partial charge is 0.254 e. The van der Waals surface area contributed by atoms with Crippen molar-refractivity contribution in [2.45, 2.75) is 45.6 Å². The summed E-state index contributed by atoms with van der Waals surface area (Å²) in [4.78, 5) is 31.8. The number of carbonyl (C=O) groups excluding carboxylic acids is 2. The van der Waals surface area contributed by atoms with Crippen molar-refractivity contribution in [2.75, 3.05) is 13.1 Å². The Morgan fingerprint density at radius 1 is 1.24 bits per heavy atom. The van der Waals surface area contributed by atoms with Gasteiger partial charge >= 0.3 is 0 Å². The number of pyridine rings is 1. The Morgan fingerprint density at radius 3 is 2.71 bits per heavy atom. The molecule has 1 N–H and O–H groups in total. The average Bonchev–Trinajstić information content (AvgIpc) is 3.34. The van der Waals surface area contributed by atoms with Gasteiger partial charge in [-0.1, -0.05) is 45.0 Å². The van der Waals surface area contributed by atoms with Gasteiger partial charge in [-0.2, -0.15) is 0 Å². The molecule has 1 aliphatic rings. The van der Waals surface area contributed by atoms with Crippen molar-refractivity contribution in [3.63, 3.8) is 0 Å². The van der Waals surface area contributed by atoms with Crippen LogP contribution in [-0.4, -0.2) is 60.6 Å². The van der Waals surface area contributed by atoms with E-state index in [-0.39, 0.29) is 41.7 Å². The molecule has 1 fully saturated rings. The summed E-state index contributed by atoms with van der Waals surface area (Å²) in [5, 5.41) is 18.3. The molecule has 34 heavy (non-hydrogen) atoms. The van der Waals surface area contributed by atoms with E-state index in [9.17, 15) is 14.7 Å². The lowest BCUT2D eigenvalue weighted by molar-refractivity contribution is 0.0762. The summed E-state index contributed by atoms with van der Waals surface area (Å²) >= 11 is 0. The van der Waals surface area contributed by atoms with Gasteiger partial charge in [-0.15, -0.1) is 10.2 Å². The number of benzene rings is 1. The summed E-state index contributed by atoms with van der Waals surface area (Å²) in [5.41, 5.74) is 2.35. The van der Waals surface area contributed by atoms with Crippen molar-refractivity contribution in [3.8, 4) is 0 Å². The van der Waals surface area contributed by atoms with Crippen LogP contribution in [0.15, 0.2) is 48.9 Å². The van der Waals surface area contributed by atoms with Crippen molar-refractivity contribution in [3.05, 3.63) is 77.1 Å². The van der Waals surface area contributed by atoms with Crippen LogP contribution in [0.1, 0.15) is 64.5 Å². The van der Waals surface area contributed by atoms with Crippen LogP contribution in [0.5, 0.6) is 0 Å². The van der Waals surface area contributed by atoms with Gasteiger partial charge in [0.2, 0.25) is 0 Å². The number of β-amino-alcohol motifs (C(OH)–C–C–N with tert-alkyl or cyclic N) is 1. The summed E-state index contributed by atoms with van der Waals surface area (Å²) < 4.78 is 1.91. The number of hydrogen-bond acceptors (Lipinski definition) is 6. The second-order valence-electron chi connectivity index (χ2n) is 9.93. The lowest BCUT2D eigenvalue weighted by Gasteiger charge is -2.21. The van der Waals surface area contributed by atoms with Gasteiger partial charge in [0.25, 0.3) is 5.91 Å². The fourth-order valence-electron chi connectivity index (χ4n) is 4.34. The molecule has 1 aromatic carbocycles. The first kappa shape index (κ1) is 23.8. The summed E-state index contributed by atoms with van der Waals surface area (Å²) in [5.74, 6) is 0.792. The highest BCUT2D eigenvalue weighted by Crippen LogP contribution is 2.30. The molecule has 1 unspecified atom stereocenters. The van der Waals surface area contributed by atoms with Crippen LogP contribution in [0, 0.1) is 5.41 Å². The number of carbonyl (C=O) groups is 2. The molecule has 178 valence electrons. The largest absolute Gasteiger partial charge is 0.391 e. The van der Waals surface area contributed by atoms with E-state index in [2.05, 4.69) is 28.2 Å². The minimum Gasteiger partial charge on any atom is -0.391 e. The minimum atomic E-state index is -0.567. The predicted molar refractivity (Wildman–Crippen MR) is 128 cm³/mol. The van der Waals surface area contributed by atoms with Crippen LogP contribution in [0.3, 0.4) is 0 Å². The second kappa shape index (κ2) is 9.46. The third kappa shape index (κ3) is 5.07. The first-order valence-corrected chi connectivity index (χ1v) is 11.5. The molecule has 8 heteroatoms. The van der Waals surface area contributed by atoms with Crippen molar-refractivity contribution < 1.29 is 14.7 Å². The number of ketones is 1. The second-order valence-corrected chi connectivity index (χ2v) is 9.93.